The zero-order valence-corrected chi connectivity index (χ0v) is 17.6. The van der Waals surface area contributed by atoms with E-state index in [2.05, 4.69) is 17.5 Å². The average molecular weight is 399 g/mol. The highest BCUT2D eigenvalue weighted by molar-refractivity contribution is 5.84. The molecule has 6 heteroatoms. The minimum Gasteiger partial charge on any atom is -0.493 e. The topological polar surface area (TPSA) is 69.2 Å². The van der Waals surface area contributed by atoms with Crippen molar-refractivity contribution in [3.05, 3.63) is 53.6 Å². The van der Waals surface area contributed by atoms with Gasteiger partial charge >= 0.3 is 0 Å². The average Bonchev–Trinajstić information content (AvgIpc) is 2.71. The molecule has 0 aliphatic rings. The van der Waals surface area contributed by atoms with Gasteiger partial charge in [0.2, 0.25) is 0 Å². The molecule has 0 aliphatic carbocycles. The molecule has 1 N–H and O–H groups in total. The second-order valence-corrected chi connectivity index (χ2v) is 6.78. The molecular weight excluding hydrogens is 368 g/mol. The van der Waals surface area contributed by atoms with Gasteiger partial charge < -0.3 is 14.2 Å². The fourth-order valence-corrected chi connectivity index (χ4v) is 2.63. The monoisotopic (exact) mass is 398 g/mol. The van der Waals surface area contributed by atoms with Crippen molar-refractivity contribution in [3.8, 4) is 17.2 Å². The molecule has 0 saturated heterocycles. The third-order valence-electron chi connectivity index (χ3n) is 4.25. The summed E-state index contributed by atoms with van der Waals surface area (Å²) < 4.78 is 16.8. The van der Waals surface area contributed by atoms with Crippen LogP contribution >= 0.6 is 0 Å². The normalized spacial score (nSPS) is 11.9. The Morgan fingerprint density at radius 1 is 1.17 bits per heavy atom. The lowest BCUT2D eigenvalue weighted by atomic mass is 10.2. The summed E-state index contributed by atoms with van der Waals surface area (Å²) in [6, 6.07) is 13.1. The fraction of sp³-hybridized carbons (Fsp3) is 0.391. The van der Waals surface area contributed by atoms with Gasteiger partial charge in [-0.05, 0) is 61.7 Å². The van der Waals surface area contributed by atoms with E-state index in [9.17, 15) is 4.79 Å². The number of nitrogens with zero attached hydrogens (tertiary/aromatic N) is 1. The Labute approximate surface area is 172 Å². The number of ether oxygens (including phenoxy) is 3. The van der Waals surface area contributed by atoms with Crippen molar-refractivity contribution in [1.82, 2.24) is 5.43 Å². The number of carbonyl (C=O) groups excluding carboxylic acids is 1. The van der Waals surface area contributed by atoms with Crippen molar-refractivity contribution < 1.29 is 19.0 Å². The quantitative estimate of drug-likeness (QED) is 0.344. The van der Waals surface area contributed by atoms with Crippen molar-refractivity contribution in [3.63, 3.8) is 0 Å². The van der Waals surface area contributed by atoms with Gasteiger partial charge in [0.1, 0.15) is 5.75 Å². The highest BCUT2D eigenvalue weighted by Gasteiger charge is 2.14. The van der Waals surface area contributed by atoms with E-state index in [0.717, 1.165) is 30.4 Å². The lowest BCUT2D eigenvalue weighted by molar-refractivity contribution is -0.127. The number of amides is 1. The van der Waals surface area contributed by atoms with E-state index in [1.165, 1.54) is 0 Å². The van der Waals surface area contributed by atoms with Gasteiger partial charge in [0.05, 0.1) is 19.9 Å². The molecule has 29 heavy (non-hydrogen) atoms. The molecule has 2 aromatic carbocycles. The molecule has 2 aromatic rings. The lowest BCUT2D eigenvalue weighted by Crippen LogP contribution is -2.33. The summed E-state index contributed by atoms with van der Waals surface area (Å²) in [6.45, 7) is 6.47. The molecule has 156 valence electrons. The van der Waals surface area contributed by atoms with E-state index in [-0.39, 0.29) is 5.91 Å². The molecule has 1 amide bonds. The Kier molecular flexibility index (Phi) is 9.02. The summed E-state index contributed by atoms with van der Waals surface area (Å²) in [5.41, 5.74) is 4.36. The molecule has 0 radical (unpaired) electrons. The Balaban J connectivity index is 1.89. The van der Waals surface area contributed by atoms with Crippen LogP contribution in [0.15, 0.2) is 47.6 Å². The largest absolute Gasteiger partial charge is 0.493 e. The van der Waals surface area contributed by atoms with Crippen LogP contribution in [0.25, 0.3) is 0 Å². The maximum atomic E-state index is 12.2. The number of rotatable bonds is 11. The predicted octanol–water partition coefficient (Wildman–Crippen LogP) is 4.49. The zero-order valence-electron chi connectivity index (χ0n) is 17.6. The van der Waals surface area contributed by atoms with Crippen molar-refractivity contribution in [2.45, 2.75) is 46.1 Å². The Bertz CT molecular complexity index is 820. The SMILES string of the molecule is CCCCCOc1ccc(C=NNC(=O)C(C)Oc2cccc(C)c2)cc1OC. The predicted molar refractivity (Wildman–Crippen MR) is 115 cm³/mol. The van der Waals surface area contributed by atoms with E-state index in [0.29, 0.717) is 23.9 Å². The van der Waals surface area contributed by atoms with E-state index < -0.39 is 6.10 Å². The number of methoxy groups -OCH3 is 1. The number of unbranched alkanes of at least 4 members (excludes halogenated alkanes) is 2. The fourth-order valence-electron chi connectivity index (χ4n) is 2.63. The summed E-state index contributed by atoms with van der Waals surface area (Å²) >= 11 is 0. The lowest BCUT2D eigenvalue weighted by Gasteiger charge is -2.13. The number of hydrogen-bond acceptors (Lipinski definition) is 5. The highest BCUT2D eigenvalue weighted by Crippen LogP contribution is 2.27. The van der Waals surface area contributed by atoms with Gasteiger partial charge in [0.15, 0.2) is 17.6 Å². The van der Waals surface area contributed by atoms with E-state index in [1.54, 1.807) is 20.2 Å². The summed E-state index contributed by atoms with van der Waals surface area (Å²) in [4.78, 5) is 12.2. The molecule has 1 unspecified atom stereocenters. The van der Waals surface area contributed by atoms with E-state index in [1.807, 2.05) is 49.4 Å². The van der Waals surface area contributed by atoms with E-state index in [4.69, 9.17) is 14.2 Å². The Morgan fingerprint density at radius 3 is 2.72 bits per heavy atom. The molecule has 6 nitrogen and oxygen atoms in total. The van der Waals surface area contributed by atoms with Gasteiger partial charge in [-0.2, -0.15) is 5.10 Å². The second kappa shape index (κ2) is 11.7. The van der Waals surface area contributed by atoms with Crippen LogP contribution in [0, 0.1) is 6.92 Å². The zero-order chi connectivity index (χ0) is 21.1. The van der Waals surface area contributed by atoms with E-state index >= 15 is 0 Å². The van der Waals surface area contributed by atoms with Crippen molar-refractivity contribution in [2.24, 2.45) is 5.10 Å². The molecule has 0 heterocycles. The number of benzene rings is 2. The first-order valence-electron chi connectivity index (χ1n) is 9.90. The first-order valence-corrected chi connectivity index (χ1v) is 9.90. The van der Waals surface area contributed by atoms with Gasteiger partial charge in [-0.25, -0.2) is 5.43 Å². The van der Waals surface area contributed by atoms with Gasteiger partial charge in [0.25, 0.3) is 5.91 Å². The third-order valence-corrected chi connectivity index (χ3v) is 4.25. The van der Waals surface area contributed by atoms with Crippen LogP contribution in [-0.2, 0) is 4.79 Å². The number of nitrogens with one attached hydrogen (secondary N) is 1. The molecule has 0 spiro atoms. The number of hydrazone groups is 1. The van der Waals surface area contributed by atoms with Gasteiger partial charge in [-0.3, -0.25) is 4.79 Å². The maximum absolute atomic E-state index is 12.2. The maximum Gasteiger partial charge on any atom is 0.280 e. The summed E-state index contributed by atoms with van der Waals surface area (Å²) in [5, 5.41) is 4.01. The third kappa shape index (κ3) is 7.49. The Morgan fingerprint density at radius 2 is 2.00 bits per heavy atom. The second-order valence-electron chi connectivity index (χ2n) is 6.78. The van der Waals surface area contributed by atoms with Crippen LogP contribution in [-0.4, -0.2) is 31.9 Å². The van der Waals surface area contributed by atoms with Crippen LogP contribution in [0.5, 0.6) is 17.2 Å². The van der Waals surface area contributed by atoms with Crippen LogP contribution in [0.1, 0.15) is 44.2 Å². The molecule has 0 bridgehead atoms. The molecule has 0 fully saturated rings. The highest BCUT2D eigenvalue weighted by atomic mass is 16.5. The summed E-state index contributed by atoms with van der Waals surface area (Å²) in [5.74, 6) is 1.65. The van der Waals surface area contributed by atoms with Crippen molar-refractivity contribution in [2.75, 3.05) is 13.7 Å². The van der Waals surface area contributed by atoms with Gasteiger partial charge in [0, 0.05) is 0 Å². The van der Waals surface area contributed by atoms with Crippen LogP contribution in [0.2, 0.25) is 0 Å². The first kappa shape index (κ1) is 22.3. The smallest absolute Gasteiger partial charge is 0.280 e. The first-order chi connectivity index (χ1) is 14.0. The molecule has 2 rings (SSSR count). The molecule has 0 aromatic heterocycles. The van der Waals surface area contributed by atoms with Crippen LogP contribution < -0.4 is 19.6 Å². The van der Waals surface area contributed by atoms with Crippen molar-refractivity contribution in [1.29, 1.82) is 0 Å². The number of carbonyl (C=O) groups is 1. The van der Waals surface area contributed by atoms with Crippen molar-refractivity contribution >= 4 is 12.1 Å². The number of aryl methyl sites for hydroxylation is 1. The molecule has 0 aliphatic heterocycles. The molecular formula is C23H30N2O4. The Hall–Kier alpha value is -3.02. The molecule has 0 saturated carbocycles. The summed E-state index contributed by atoms with van der Waals surface area (Å²) in [6.07, 6.45) is 4.19. The van der Waals surface area contributed by atoms with Gasteiger partial charge in [-0.15, -0.1) is 0 Å². The van der Waals surface area contributed by atoms with Crippen LogP contribution in [0.3, 0.4) is 0 Å². The minimum atomic E-state index is -0.664. The van der Waals surface area contributed by atoms with Crippen LogP contribution in [0.4, 0.5) is 0 Å². The summed E-state index contributed by atoms with van der Waals surface area (Å²) in [7, 11) is 1.60. The molecule has 1 atom stereocenters. The van der Waals surface area contributed by atoms with Gasteiger partial charge in [-0.1, -0.05) is 31.9 Å². The standard InChI is InChI=1S/C23H30N2O4/c1-5-6-7-13-28-21-12-11-19(15-22(21)27-4)16-24-25-23(26)18(3)29-20-10-8-9-17(2)14-20/h8-12,14-16,18H,5-7,13H2,1-4H3,(H,25,26). The minimum absolute atomic E-state index is 0.328. The number of hydrogen-bond donors (Lipinski definition) is 1.